The third-order valence-corrected chi connectivity index (χ3v) is 1.69. The molecule has 0 aliphatic carbocycles. The lowest BCUT2D eigenvalue weighted by Crippen LogP contribution is -2.45. The first-order valence-corrected chi connectivity index (χ1v) is 3.28. The molecule has 1 radical (unpaired) electrons. The van der Waals surface area contributed by atoms with Crippen LogP contribution in [-0.2, 0) is 9.84 Å². The smallest absolute Gasteiger partial charge is 0.217 e. The molecule has 0 aromatic rings. The maximum atomic E-state index is 10.7. The van der Waals surface area contributed by atoms with Crippen LogP contribution in [-0.4, -0.2) is 34.8 Å². The second-order valence-electron chi connectivity index (χ2n) is 2.58. The molecule has 2 N–H and O–H groups in total. The lowest BCUT2D eigenvalue weighted by Gasteiger charge is -2.31. The molecule has 1 fully saturated rings. The first-order valence-electron chi connectivity index (χ1n) is 3.28. The maximum absolute atomic E-state index is 10.7. The molecular formula is C6H11O4. The Morgan fingerprint density at radius 2 is 2.00 bits per heavy atom. The van der Waals surface area contributed by atoms with E-state index in [0.29, 0.717) is 0 Å². The van der Waals surface area contributed by atoms with Gasteiger partial charge in [0.1, 0.15) is 6.10 Å². The lowest BCUT2D eigenvalue weighted by atomic mass is 10.0. The molecule has 4 nitrogen and oxygen atoms in total. The number of aliphatic hydroxyl groups is 2. The zero-order chi connectivity index (χ0) is 7.72. The van der Waals surface area contributed by atoms with Gasteiger partial charge >= 0.3 is 0 Å². The fourth-order valence-corrected chi connectivity index (χ4v) is 0.943. The minimum atomic E-state index is -1.39. The van der Waals surface area contributed by atoms with E-state index < -0.39 is 24.6 Å². The molecule has 0 saturated carbocycles. The zero-order valence-electron chi connectivity index (χ0n) is 5.73. The highest BCUT2D eigenvalue weighted by molar-refractivity contribution is 4.76. The Labute approximate surface area is 59.1 Å². The molecule has 0 aromatic carbocycles. The number of hydrogen-bond donors (Lipinski definition) is 2. The van der Waals surface area contributed by atoms with Crippen LogP contribution in [0.1, 0.15) is 13.3 Å². The van der Waals surface area contributed by atoms with E-state index in [1.807, 2.05) is 0 Å². The molecule has 0 amide bonds. The van der Waals surface area contributed by atoms with Crippen molar-refractivity contribution in [2.45, 2.75) is 37.9 Å². The van der Waals surface area contributed by atoms with Gasteiger partial charge in [-0.05, 0) is 6.92 Å². The van der Waals surface area contributed by atoms with Gasteiger partial charge in [-0.3, -0.25) is 0 Å². The monoisotopic (exact) mass is 147 g/mol. The third kappa shape index (κ3) is 1.46. The van der Waals surface area contributed by atoms with E-state index in [0.717, 1.165) is 0 Å². The Morgan fingerprint density at radius 1 is 1.40 bits per heavy atom. The minimum Gasteiger partial charge on any atom is -0.390 e. The van der Waals surface area contributed by atoms with Crippen LogP contribution in [0, 0.1) is 0 Å². The fourth-order valence-electron chi connectivity index (χ4n) is 0.943. The second kappa shape index (κ2) is 2.84. The van der Waals surface area contributed by atoms with Crippen LogP contribution in [0.5, 0.6) is 0 Å². The topological polar surface area (TPSA) is 69.6 Å². The highest BCUT2D eigenvalue weighted by atomic mass is 16.6. The van der Waals surface area contributed by atoms with Gasteiger partial charge in [-0.1, -0.05) is 0 Å². The molecular weight excluding hydrogens is 136 g/mol. The summed E-state index contributed by atoms with van der Waals surface area (Å²) >= 11 is 0. The summed E-state index contributed by atoms with van der Waals surface area (Å²) in [5.41, 5.74) is 0. The van der Waals surface area contributed by atoms with Gasteiger partial charge in [0.15, 0.2) is 0 Å². The quantitative estimate of drug-likeness (QED) is 0.474. The van der Waals surface area contributed by atoms with E-state index in [9.17, 15) is 5.11 Å². The van der Waals surface area contributed by atoms with Crippen LogP contribution in [0.4, 0.5) is 0 Å². The summed E-state index contributed by atoms with van der Waals surface area (Å²) in [4.78, 5) is 0. The lowest BCUT2D eigenvalue weighted by molar-refractivity contribution is -0.263. The predicted molar refractivity (Wildman–Crippen MR) is 31.7 cm³/mol. The van der Waals surface area contributed by atoms with Crippen molar-refractivity contribution >= 4 is 0 Å². The highest BCUT2D eigenvalue weighted by Crippen LogP contribution is 2.18. The summed E-state index contributed by atoms with van der Waals surface area (Å²) in [5.74, 6) is 0. The molecule has 1 unspecified atom stereocenters. The molecule has 1 rings (SSSR count). The van der Waals surface area contributed by atoms with Crippen LogP contribution in [0.25, 0.3) is 0 Å². The van der Waals surface area contributed by atoms with Crippen molar-refractivity contribution in [2.75, 3.05) is 0 Å². The number of ether oxygens (including phenoxy) is 1. The van der Waals surface area contributed by atoms with Crippen molar-refractivity contribution in [3.63, 3.8) is 0 Å². The third-order valence-electron chi connectivity index (χ3n) is 1.69. The van der Waals surface area contributed by atoms with Crippen molar-refractivity contribution < 1.29 is 20.1 Å². The van der Waals surface area contributed by atoms with Crippen LogP contribution in [0.3, 0.4) is 0 Å². The fraction of sp³-hybridized carbons (Fsp3) is 1.00. The standard InChI is InChI=1S/C6H11O4/c1-3-4(7)2-5(8)6(9)10-3/h3-8H,2H2,1H3/t3-,4+,5+,6?/m0/s1. The first kappa shape index (κ1) is 7.94. The van der Waals surface area contributed by atoms with E-state index in [-0.39, 0.29) is 6.42 Å². The number of rotatable bonds is 0. The molecule has 1 heterocycles. The summed E-state index contributed by atoms with van der Waals surface area (Å²) < 4.78 is 4.66. The summed E-state index contributed by atoms with van der Waals surface area (Å²) in [6.45, 7) is 1.61. The van der Waals surface area contributed by atoms with Crippen molar-refractivity contribution in [2.24, 2.45) is 0 Å². The number of aliphatic hydroxyl groups excluding tert-OH is 2. The summed E-state index contributed by atoms with van der Waals surface area (Å²) in [7, 11) is 0. The molecule has 0 spiro atoms. The summed E-state index contributed by atoms with van der Waals surface area (Å²) in [5, 5.41) is 28.6. The molecule has 0 bridgehead atoms. The van der Waals surface area contributed by atoms with Crippen LogP contribution in [0.2, 0.25) is 0 Å². The molecule has 59 valence electrons. The van der Waals surface area contributed by atoms with Gasteiger partial charge in [-0.25, -0.2) is 0 Å². The molecule has 1 aliphatic heterocycles. The molecule has 1 saturated heterocycles. The molecule has 4 atom stereocenters. The van der Waals surface area contributed by atoms with Gasteiger partial charge in [0, 0.05) is 6.42 Å². The molecule has 0 aromatic heterocycles. The van der Waals surface area contributed by atoms with Crippen LogP contribution in [0.15, 0.2) is 0 Å². The Balaban J connectivity index is 2.46. The van der Waals surface area contributed by atoms with E-state index in [1.54, 1.807) is 6.92 Å². The largest absolute Gasteiger partial charge is 0.390 e. The summed E-state index contributed by atoms with van der Waals surface area (Å²) in [6, 6.07) is 0. The Morgan fingerprint density at radius 3 is 2.50 bits per heavy atom. The van der Waals surface area contributed by atoms with Gasteiger partial charge < -0.3 is 14.9 Å². The number of hydrogen-bond acceptors (Lipinski definition) is 3. The second-order valence-corrected chi connectivity index (χ2v) is 2.58. The van der Waals surface area contributed by atoms with Crippen molar-refractivity contribution in [3.8, 4) is 0 Å². The predicted octanol–water partition coefficient (Wildman–Crippen LogP) is -0.726. The highest BCUT2D eigenvalue weighted by Gasteiger charge is 2.33. The van der Waals surface area contributed by atoms with Crippen molar-refractivity contribution in [1.29, 1.82) is 0 Å². The van der Waals surface area contributed by atoms with E-state index in [1.165, 1.54) is 0 Å². The normalized spacial score (nSPS) is 49.2. The van der Waals surface area contributed by atoms with Gasteiger partial charge in [0.2, 0.25) is 6.29 Å². The maximum Gasteiger partial charge on any atom is 0.217 e. The van der Waals surface area contributed by atoms with E-state index in [4.69, 9.17) is 10.2 Å². The Kier molecular flexibility index (Phi) is 2.25. The molecule has 1 aliphatic rings. The van der Waals surface area contributed by atoms with E-state index in [2.05, 4.69) is 4.74 Å². The van der Waals surface area contributed by atoms with Crippen molar-refractivity contribution in [1.82, 2.24) is 0 Å². The van der Waals surface area contributed by atoms with Crippen molar-refractivity contribution in [3.05, 3.63) is 0 Å². The van der Waals surface area contributed by atoms with Crippen LogP contribution < -0.4 is 0 Å². The Bertz CT molecular complexity index is 90.3. The summed E-state index contributed by atoms with van der Waals surface area (Å²) in [6.07, 6.45) is -3.49. The Hall–Kier alpha value is -0.160. The SMILES string of the molecule is C[C@@H]1OC([O])[C@H](O)C[C@H]1O. The molecule has 10 heavy (non-hydrogen) atoms. The van der Waals surface area contributed by atoms with Gasteiger partial charge in [-0.15, -0.1) is 0 Å². The first-order chi connectivity index (χ1) is 4.61. The average molecular weight is 147 g/mol. The van der Waals surface area contributed by atoms with Gasteiger partial charge in [-0.2, -0.15) is 5.11 Å². The van der Waals surface area contributed by atoms with Crippen LogP contribution >= 0.6 is 0 Å². The molecule has 4 heteroatoms. The minimum absolute atomic E-state index is 0.120. The van der Waals surface area contributed by atoms with E-state index >= 15 is 0 Å². The van der Waals surface area contributed by atoms with Gasteiger partial charge in [0.25, 0.3) is 0 Å². The van der Waals surface area contributed by atoms with Gasteiger partial charge in [0.05, 0.1) is 12.2 Å². The average Bonchev–Trinajstić information content (AvgIpc) is 1.84. The zero-order valence-corrected chi connectivity index (χ0v) is 5.73.